The fourth-order valence-corrected chi connectivity index (χ4v) is 1.64. The van der Waals surface area contributed by atoms with Crippen molar-refractivity contribution in [2.24, 2.45) is 5.73 Å². The third-order valence-corrected chi connectivity index (χ3v) is 2.60. The lowest BCUT2D eigenvalue weighted by atomic mass is 10.1. The van der Waals surface area contributed by atoms with Gasteiger partial charge in [-0.25, -0.2) is 0 Å². The van der Waals surface area contributed by atoms with Gasteiger partial charge in [0, 0.05) is 25.2 Å². The van der Waals surface area contributed by atoms with E-state index in [4.69, 9.17) is 5.73 Å². The second-order valence-electron chi connectivity index (χ2n) is 3.79. The van der Waals surface area contributed by atoms with E-state index in [0.29, 0.717) is 6.54 Å². The van der Waals surface area contributed by atoms with Crippen molar-refractivity contribution in [3.05, 3.63) is 35.4 Å². The molecule has 0 atom stereocenters. The van der Waals surface area contributed by atoms with Crippen molar-refractivity contribution in [2.75, 3.05) is 13.1 Å². The average molecular weight is 220 g/mol. The van der Waals surface area contributed by atoms with Gasteiger partial charge in [0.25, 0.3) is 5.91 Å². The van der Waals surface area contributed by atoms with E-state index >= 15 is 0 Å². The minimum atomic E-state index is 0.105. The molecule has 3 nitrogen and oxygen atoms in total. The first-order valence-electron chi connectivity index (χ1n) is 5.81. The molecule has 1 aromatic rings. The number of hydrogen-bond acceptors (Lipinski definition) is 2. The molecule has 0 aliphatic heterocycles. The predicted octanol–water partition coefficient (Wildman–Crippen LogP) is 2.02. The molecule has 0 unspecified atom stereocenters. The van der Waals surface area contributed by atoms with Crippen LogP contribution in [0.3, 0.4) is 0 Å². The Kier molecular flexibility index (Phi) is 4.99. The molecule has 0 bridgehead atoms. The maximum atomic E-state index is 12.1. The van der Waals surface area contributed by atoms with E-state index in [2.05, 4.69) is 6.92 Å². The van der Waals surface area contributed by atoms with Gasteiger partial charge in [-0.2, -0.15) is 0 Å². The monoisotopic (exact) mass is 220 g/mol. The zero-order chi connectivity index (χ0) is 12.0. The van der Waals surface area contributed by atoms with Crippen molar-refractivity contribution in [3.8, 4) is 0 Å². The molecule has 0 aliphatic carbocycles. The molecule has 1 rings (SSSR count). The Morgan fingerprint density at radius 3 is 2.31 bits per heavy atom. The lowest BCUT2D eigenvalue weighted by Crippen LogP contribution is -2.31. The van der Waals surface area contributed by atoms with Gasteiger partial charge < -0.3 is 10.6 Å². The van der Waals surface area contributed by atoms with E-state index < -0.39 is 0 Å². The second kappa shape index (κ2) is 6.28. The summed E-state index contributed by atoms with van der Waals surface area (Å²) in [6, 6.07) is 7.52. The van der Waals surface area contributed by atoms with Gasteiger partial charge in [-0.15, -0.1) is 0 Å². The highest BCUT2D eigenvalue weighted by molar-refractivity contribution is 5.94. The van der Waals surface area contributed by atoms with Crippen LogP contribution in [0.25, 0.3) is 0 Å². The van der Waals surface area contributed by atoms with Gasteiger partial charge in [0.15, 0.2) is 0 Å². The molecular weight excluding hydrogens is 200 g/mol. The minimum absolute atomic E-state index is 0.105. The second-order valence-corrected chi connectivity index (χ2v) is 3.79. The van der Waals surface area contributed by atoms with E-state index in [1.54, 1.807) is 0 Å². The Morgan fingerprint density at radius 1 is 1.25 bits per heavy atom. The summed E-state index contributed by atoms with van der Waals surface area (Å²) in [4.78, 5) is 13.9. The molecule has 88 valence electrons. The van der Waals surface area contributed by atoms with Crippen LogP contribution in [-0.2, 0) is 6.54 Å². The van der Waals surface area contributed by atoms with Crippen LogP contribution in [0.4, 0.5) is 0 Å². The van der Waals surface area contributed by atoms with Gasteiger partial charge in [-0.1, -0.05) is 19.1 Å². The summed E-state index contributed by atoms with van der Waals surface area (Å²) in [5, 5.41) is 0. The van der Waals surface area contributed by atoms with Crippen LogP contribution in [0, 0.1) is 0 Å². The smallest absolute Gasteiger partial charge is 0.253 e. The zero-order valence-corrected chi connectivity index (χ0v) is 10.1. The first-order valence-corrected chi connectivity index (χ1v) is 5.81. The van der Waals surface area contributed by atoms with Crippen molar-refractivity contribution in [1.29, 1.82) is 0 Å². The normalized spacial score (nSPS) is 10.2. The van der Waals surface area contributed by atoms with Gasteiger partial charge >= 0.3 is 0 Å². The number of hydrogen-bond donors (Lipinski definition) is 1. The molecule has 2 N–H and O–H groups in total. The van der Waals surface area contributed by atoms with Crippen molar-refractivity contribution < 1.29 is 4.79 Å². The summed E-state index contributed by atoms with van der Waals surface area (Å²) in [6.07, 6.45) is 0.987. The number of benzene rings is 1. The number of nitrogens with two attached hydrogens (primary N) is 1. The van der Waals surface area contributed by atoms with E-state index in [-0.39, 0.29) is 5.91 Å². The first kappa shape index (κ1) is 12.7. The largest absolute Gasteiger partial charge is 0.339 e. The van der Waals surface area contributed by atoms with Crippen LogP contribution in [0.2, 0.25) is 0 Å². The van der Waals surface area contributed by atoms with Crippen LogP contribution in [-0.4, -0.2) is 23.9 Å². The Balaban J connectivity index is 2.78. The van der Waals surface area contributed by atoms with Gasteiger partial charge in [-0.05, 0) is 31.0 Å². The van der Waals surface area contributed by atoms with Gasteiger partial charge in [0.2, 0.25) is 0 Å². The molecule has 0 radical (unpaired) electrons. The summed E-state index contributed by atoms with van der Waals surface area (Å²) < 4.78 is 0. The van der Waals surface area contributed by atoms with Crippen molar-refractivity contribution in [1.82, 2.24) is 4.90 Å². The van der Waals surface area contributed by atoms with Gasteiger partial charge in [0.1, 0.15) is 0 Å². The van der Waals surface area contributed by atoms with Crippen molar-refractivity contribution in [3.63, 3.8) is 0 Å². The zero-order valence-electron chi connectivity index (χ0n) is 10.1. The van der Waals surface area contributed by atoms with E-state index in [1.807, 2.05) is 36.1 Å². The molecule has 0 aromatic heterocycles. The molecule has 3 heteroatoms. The summed E-state index contributed by atoms with van der Waals surface area (Å²) >= 11 is 0. The van der Waals surface area contributed by atoms with Crippen LogP contribution in [0.5, 0.6) is 0 Å². The number of carbonyl (C=O) groups is 1. The molecule has 0 heterocycles. The Bertz CT molecular complexity index is 332. The standard InChI is InChI=1S/C13H20N2O/c1-3-9-15(4-2)13(16)12-7-5-11(10-14)6-8-12/h5-8H,3-4,9-10,14H2,1-2H3. The highest BCUT2D eigenvalue weighted by atomic mass is 16.2. The predicted molar refractivity (Wildman–Crippen MR) is 66.2 cm³/mol. The van der Waals surface area contributed by atoms with Crippen molar-refractivity contribution in [2.45, 2.75) is 26.8 Å². The minimum Gasteiger partial charge on any atom is -0.339 e. The third kappa shape index (κ3) is 3.07. The van der Waals surface area contributed by atoms with E-state index in [9.17, 15) is 4.79 Å². The molecule has 1 amide bonds. The molecule has 0 aliphatic rings. The lowest BCUT2D eigenvalue weighted by Gasteiger charge is -2.20. The Hall–Kier alpha value is -1.35. The number of nitrogens with zero attached hydrogens (tertiary/aromatic N) is 1. The highest BCUT2D eigenvalue weighted by Crippen LogP contribution is 2.07. The molecule has 16 heavy (non-hydrogen) atoms. The molecule has 0 spiro atoms. The number of rotatable bonds is 5. The molecular formula is C13H20N2O. The Labute approximate surface area is 97.2 Å². The SMILES string of the molecule is CCCN(CC)C(=O)c1ccc(CN)cc1. The molecule has 0 saturated carbocycles. The summed E-state index contributed by atoms with van der Waals surface area (Å²) in [6.45, 7) is 6.16. The lowest BCUT2D eigenvalue weighted by molar-refractivity contribution is 0.0764. The molecule has 1 aromatic carbocycles. The highest BCUT2D eigenvalue weighted by Gasteiger charge is 2.12. The fraction of sp³-hybridized carbons (Fsp3) is 0.462. The summed E-state index contributed by atoms with van der Waals surface area (Å²) in [5.41, 5.74) is 7.31. The maximum Gasteiger partial charge on any atom is 0.253 e. The third-order valence-electron chi connectivity index (χ3n) is 2.60. The number of carbonyl (C=O) groups excluding carboxylic acids is 1. The van der Waals surface area contributed by atoms with Gasteiger partial charge in [0.05, 0.1) is 0 Å². The Morgan fingerprint density at radius 2 is 1.88 bits per heavy atom. The first-order chi connectivity index (χ1) is 7.72. The van der Waals surface area contributed by atoms with E-state index in [0.717, 1.165) is 30.6 Å². The molecule has 0 saturated heterocycles. The molecule has 0 fully saturated rings. The van der Waals surface area contributed by atoms with Crippen LogP contribution in [0.1, 0.15) is 36.2 Å². The van der Waals surface area contributed by atoms with Gasteiger partial charge in [-0.3, -0.25) is 4.79 Å². The summed E-state index contributed by atoms with van der Waals surface area (Å²) in [7, 11) is 0. The quantitative estimate of drug-likeness (QED) is 0.825. The van der Waals surface area contributed by atoms with Crippen LogP contribution >= 0.6 is 0 Å². The van der Waals surface area contributed by atoms with Crippen LogP contribution in [0.15, 0.2) is 24.3 Å². The van der Waals surface area contributed by atoms with Crippen LogP contribution < -0.4 is 5.73 Å². The van der Waals surface area contributed by atoms with Crippen molar-refractivity contribution >= 4 is 5.91 Å². The average Bonchev–Trinajstić information content (AvgIpc) is 2.35. The maximum absolute atomic E-state index is 12.1. The van der Waals surface area contributed by atoms with E-state index in [1.165, 1.54) is 0 Å². The topological polar surface area (TPSA) is 46.3 Å². The fourth-order valence-electron chi connectivity index (χ4n) is 1.64. The number of amides is 1. The summed E-state index contributed by atoms with van der Waals surface area (Å²) in [5.74, 6) is 0.105.